The number of rotatable bonds is 6. The summed E-state index contributed by atoms with van der Waals surface area (Å²) >= 11 is 6.15. The Hall–Kier alpha value is -0.910. The lowest BCUT2D eigenvalue weighted by atomic mass is 10.2. The van der Waals surface area contributed by atoms with Crippen molar-refractivity contribution in [3.8, 4) is 0 Å². The fourth-order valence-electron chi connectivity index (χ4n) is 1.62. The molecule has 0 spiro atoms. The third-order valence-corrected chi connectivity index (χ3v) is 2.97. The second-order valence-electron chi connectivity index (χ2n) is 3.63. The van der Waals surface area contributed by atoms with Gasteiger partial charge in [-0.3, -0.25) is 9.48 Å². The Balaban J connectivity index is 2.88. The van der Waals surface area contributed by atoms with Crippen LogP contribution in [-0.4, -0.2) is 36.1 Å². The van der Waals surface area contributed by atoms with E-state index in [2.05, 4.69) is 5.10 Å². The average Bonchev–Trinajstić information content (AvgIpc) is 2.58. The van der Waals surface area contributed by atoms with Crippen LogP contribution in [0.2, 0.25) is 5.02 Å². The third-order valence-electron chi connectivity index (χ3n) is 2.54. The quantitative estimate of drug-likeness (QED) is 0.725. The zero-order valence-electron chi connectivity index (χ0n) is 10.5. The fourth-order valence-corrected chi connectivity index (χ4v) is 1.98. The first kappa shape index (κ1) is 14.2. The van der Waals surface area contributed by atoms with Crippen molar-refractivity contribution in [3.05, 3.63) is 16.4 Å². The molecule has 96 valence electrons. The van der Waals surface area contributed by atoms with Crippen molar-refractivity contribution < 1.29 is 14.3 Å². The molecule has 0 radical (unpaired) electrons. The summed E-state index contributed by atoms with van der Waals surface area (Å²) in [5.41, 5.74) is 1.48. The zero-order valence-corrected chi connectivity index (χ0v) is 11.2. The molecule has 1 heterocycles. The molecule has 0 N–H and O–H groups in total. The van der Waals surface area contributed by atoms with Gasteiger partial charge in [0.2, 0.25) is 6.29 Å². The van der Waals surface area contributed by atoms with Crippen LogP contribution >= 0.6 is 11.6 Å². The standard InChI is InChI=1S/C11H17ClN2O3/c1-5-7-10(12)8(14(2)13-7)6-9(15)11(16-3)17-4/h11H,5-6H2,1-4H3. The summed E-state index contributed by atoms with van der Waals surface area (Å²) < 4.78 is 11.4. The van der Waals surface area contributed by atoms with Gasteiger partial charge in [0, 0.05) is 21.3 Å². The lowest BCUT2D eigenvalue weighted by Crippen LogP contribution is -2.27. The number of nitrogens with zero attached hydrogens (tertiary/aromatic N) is 2. The summed E-state index contributed by atoms with van der Waals surface area (Å²) in [6.45, 7) is 1.97. The molecule has 0 amide bonds. The molecule has 0 bridgehead atoms. The van der Waals surface area contributed by atoms with Crippen LogP contribution in [0.3, 0.4) is 0 Å². The highest BCUT2D eigenvalue weighted by Crippen LogP contribution is 2.21. The van der Waals surface area contributed by atoms with Crippen molar-refractivity contribution in [3.63, 3.8) is 0 Å². The number of hydrogen-bond acceptors (Lipinski definition) is 4. The Morgan fingerprint density at radius 2 is 2.06 bits per heavy atom. The molecule has 0 aliphatic heterocycles. The van der Waals surface area contributed by atoms with E-state index in [9.17, 15) is 4.79 Å². The van der Waals surface area contributed by atoms with Gasteiger partial charge in [0.15, 0.2) is 5.78 Å². The number of aromatic nitrogens is 2. The highest BCUT2D eigenvalue weighted by Gasteiger charge is 2.22. The van der Waals surface area contributed by atoms with Crippen molar-refractivity contribution in [2.45, 2.75) is 26.1 Å². The molecule has 0 unspecified atom stereocenters. The smallest absolute Gasteiger partial charge is 0.217 e. The van der Waals surface area contributed by atoms with Gasteiger partial charge in [0.05, 0.1) is 22.8 Å². The van der Waals surface area contributed by atoms with E-state index < -0.39 is 6.29 Å². The summed E-state index contributed by atoms with van der Waals surface area (Å²) in [5.74, 6) is -0.178. The van der Waals surface area contributed by atoms with Crippen molar-refractivity contribution in [2.75, 3.05) is 14.2 Å². The van der Waals surface area contributed by atoms with Gasteiger partial charge in [-0.25, -0.2) is 0 Å². The van der Waals surface area contributed by atoms with Gasteiger partial charge in [-0.15, -0.1) is 0 Å². The fraction of sp³-hybridized carbons (Fsp3) is 0.636. The normalized spacial score (nSPS) is 11.2. The number of aryl methyl sites for hydroxylation is 2. The molecule has 0 fully saturated rings. The molecule has 0 aliphatic rings. The first-order valence-electron chi connectivity index (χ1n) is 5.33. The highest BCUT2D eigenvalue weighted by molar-refractivity contribution is 6.32. The minimum Gasteiger partial charge on any atom is -0.349 e. The van der Waals surface area contributed by atoms with E-state index in [0.717, 1.165) is 12.1 Å². The van der Waals surface area contributed by atoms with Gasteiger partial charge < -0.3 is 9.47 Å². The molecule has 0 aliphatic carbocycles. The van der Waals surface area contributed by atoms with Gasteiger partial charge in [-0.2, -0.15) is 5.10 Å². The van der Waals surface area contributed by atoms with Gasteiger partial charge >= 0.3 is 0 Å². The van der Waals surface area contributed by atoms with E-state index >= 15 is 0 Å². The average molecular weight is 261 g/mol. The van der Waals surface area contributed by atoms with Gasteiger partial charge in [0.1, 0.15) is 0 Å². The minimum absolute atomic E-state index is 0.147. The molecule has 1 aromatic rings. The predicted molar refractivity (Wildman–Crippen MR) is 64.1 cm³/mol. The molecular formula is C11H17ClN2O3. The summed E-state index contributed by atoms with van der Waals surface area (Å²) in [5, 5.41) is 4.79. The first-order chi connectivity index (χ1) is 8.04. The van der Waals surface area contributed by atoms with Crippen LogP contribution in [0.4, 0.5) is 0 Å². The van der Waals surface area contributed by atoms with Crippen LogP contribution in [0.5, 0.6) is 0 Å². The monoisotopic (exact) mass is 260 g/mol. The van der Waals surface area contributed by atoms with E-state index in [1.165, 1.54) is 14.2 Å². The number of Topliss-reactive ketones (excluding diaryl/α,β-unsaturated/α-hetero) is 1. The molecule has 0 aromatic carbocycles. The molecular weight excluding hydrogens is 244 g/mol. The second-order valence-corrected chi connectivity index (χ2v) is 4.01. The van der Waals surface area contributed by atoms with Crippen molar-refractivity contribution in [2.24, 2.45) is 7.05 Å². The summed E-state index contributed by atoms with van der Waals surface area (Å²) in [4.78, 5) is 11.8. The second kappa shape index (κ2) is 6.14. The zero-order chi connectivity index (χ0) is 13.0. The molecule has 1 aromatic heterocycles. The Kier molecular flexibility index (Phi) is 5.11. The van der Waals surface area contributed by atoms with Crippen LogP contribution in [0.25, 0.3) is 0 Å². The Morgan fingerprint density at radius 3 is 2.47 bits per heavy atom. The maximum Gasteiger partial charge on any atom is 0.217 e. The minimum atomic E-state index is -0.856. The van der Waals surface area contributed by atoms with Crippen molar-refractivity contribution >= 4 is 17.4 Å². The van der Waals surface area contributed by atoms with Crippen LogP contribution in [0, 0.1) is 0 Å². The number of carbonyl (C=O) groups excluding carboxylic acids is 1. The van der Waals surface area contributed by atoms with Crippen LogP contribution in [0.15, 0.2) is 0 Å². The largest absolute Gasteiger partial charge is 0.349 e. The number of ketones is 1. The van der Waals surface area contributed by atoms with Gasteiger partial charge in [-0.1, -0.05) is 18.5 Å². The van der Waals surface area contributed by atoms with E-state index in [1.807, 2.05) is 6.92 Å². The number of methoxy groups -OCH3 is 2. The van der Waals surface area contributed by atoms with Crippen LogP contribution < -0.4 is 0 Å². The third kappa shape index (κ3) is 3.06. The Bertz CT molecular complexity index is 400. The maximum atomic E-state index is 11.8. The molecule has 5 nitrogen and oxygen atoms in total. The van der Waals surface area contributed by atoms with E-state index in [1.54, 1.807) is 11.7 Å². The topological polar surface area (TPSA) is 53.4 Å². The lowest BCUT2D eigenvalue weighted by molar-refractivity contribution is -0.156. The molecule has 17 heavy (non-hydrogen) atoms. The first-order valence-corrected chi connectivity index (χ1v) is 5.71. The summed E-state index contributed by atoms with van der Waals surface area (Å²) in [6, 6.07) is 0. The van der Waals surface area contributed by atoms with Crippen LogP contribution in [0.1, 0.15) is 18.3 Å². The lowest BCUT2D eigenvalue weighted by Gasteiger charge is -2.11. The molecule has 0 saturated heterocycles. The number of carbonyl (C=O) groups is 1. The van der Waals surface area contributed by atoms with Gasteiger partial charge in [-0.05, 0) is 6.42 Å². The number of halogens is 1. The van der Waals surface area contributed by atoms with E-state index in [4.69, 9.17) is 21.1 Å². The number of hydrogen-bond donors (Lipinski definition) is 0. The Labute approximate surface area is 106 Å². The summed E-state index contributed by atoms with van der Waals surface area (Å²) in [7, 11) is 4.62. The van der Waals surface area contributed by atoms with Crippen molar-refractivity contribution in [1.29, 1.82) is 0 Å². The predicted octanol–water partition coefficient (Wildman–Crippen LogP) is 1.37. The van der Waals surface area contributed by atoms with E-state index in [-0.39, 0.29) is 12.2 Å². The SMILES string of the molecule is CCc1nn(C)c(CC(=O)C(OC)OC)c1Cl. The number of ether oxygens (including phenoxy) is 2. The molecule has 0 saturated carbocycles. The van der Waals surface area contributed by atoms with E-state index in [0.29, 0.717) is 10.7 Å². The highest BCUT2D eigenvalue weighted by atomic mass is 35.5. The molecule has 0 atom stereocenters. The molecule has 6 heteroatoms. The maximum absolute atomic E-state index is 11.8. The molecule has 1 rings (SSSR count). The van der Waals surface area contributed by atoms with Crippen LogP contribution in [-0.2, 0) is 34.2 Å². The summed E-state index contributed by atoms with van der Waals surface area (Å²) in [6.07, 6.45) is 0.0270. The van der Waals surface area contributed by atoms with Crippen molar-refractivity contribution in [1.82, 2.24) is 9.78 Å². The Morgan fingerprint density at radius 1 is 1.47 bits per heavy atom. The van der Waals surface area contributed by atoms with Gasteiger partial charge in [0.25, 0.3) is 0 Å².